The summed E-state index contributed by atoms with van der Waals surface area (Å²) in [5.74, 6) is 1.51. The maximum Gasteiger partial charge on any atom is 0.152 e. The normalized spacial score (nSPS) is 11.0. The van der Waals surface area contributed by atoms with Crippen LogP contribution in [0.3, 0.4) is 0 Å². The minimum Gasteiger partial charge on any atom is -0.345 e. The first-order chi connectivity index (χ1) is 5.95. The molecule has 0 fully saturated rings. The number of nitrogens with one attached hydrogen (secondary N) is 2. The lowest BCUT2D eigenvalue weighted by molar-refractivity contribution is 1.15. The Bertz CT molecular complexity index is 308. The summed E-state index contributed by atoms with van der Waals surface area (Å²) in [6.45, 7) is 0. The van der Waals surface area contributed by atoms with Crippen molar-refractivity contribution in [2.24, 2.45) is 10.2 Å². The van der Waals surface area contributed by atoms with Crippen LogP contribution in [-0.4, -0.2) is 9.97 Å². The van der Waals surface area contributed by atoms with Crippen LogP contribution in [0.2, 0.25) is 0 Å². The molecule has 0 saturated heterocycles. The van der Waals surface area contributed by atoms with Gasteiger partial charge in [-0.2, -0.15) is 0 Å². The van der Waals surface area contributed by atoms with Gasteiger partial charge in [-0.15, -0.1) is 10.2 Å². The van der Waals surface area contributed by atoms with Gasteiger partial charge < -0.3 is 9.97 Å². The molecule has 0 aliphatic heterocycles. The van der Waals surface area contributed by atoms with Gasteiger partial charge in [0.2, 0.25) is 0 Å². The lowest BCUT2D eigenvalue weighted by Crippen LogP contribution is -1.60. The fraction of sp³-hybridized carbons (Fsp3) is 0. The van der Waals surface area contributed by atoms with Crippen molar-refractivity contribution in [1.82, 2.24) is 9.97 Å². The molecular formula is C8H8N4. The summed E-state index contributed by atoms with van der Waals surface area (Å²) < 4.78 is 0. The molecule has 0 radical (unpaired) electrons. The van der Waals surface area contributed by atoms with Crippen molar-refractivity contribution < 1.29 is 0 Å². The Labute approximate surface area is 69.4 Å². The molecule has 60 valence electrons. The number of nitrogens with zero attached hydrogens (tertiary/aromatic N) is 2. The van der Waals surface area contributed by atoms with Crippen LogP contribution in [0.25, 0.3) is 0 Å². The van der Waals surface area contributed by atoms with Gasteiger partial charge in [-0.1, -0.05) is 0 Å². The van der Waals surface area contributed by atoms with Crippen molar-refractivity contribution in [2.45, 2.75) is 0 Å². The molecule has 0 aromatic carbocycles. The Hall–Kier alpha value is -1.84. The fourth-order valence-electron chi connectivity index (χ4n) is 0.874. The van der Waals surface area contributed by atoms with E-state index in [9.17, 15) is 0 Å². The van der Waals surface area contributed by atoms with Gasteiger partial charge in [0.15, 0.2) is 11.6 Å². The van der Waals surface area contributed by atoms with E-state index in [-0.39, 0.29) is 0 Å². The lowest BCUT2D eigenvalue weighted by atomic mass is 10.6. The summed E-state index contributed by atoms with van der Waals surface area (Å²) in [5.41, 5.74) is 0. The van der Waals surface area contributed by atoms with Crippen molar-refractivity contribution in [2.75, 3.05) is 0 Å². The molecular weight excluding hydrogens is 152 g/mol. The number of aromatic nitrogens is 2. The van der Waals surface area contributed by atoms with Crippen LogP contribution in [0.5, 0.6) is 0 Å². The first-order valence-electron chi connectivity index (χ1n) is 3.64. The highest BCUT2D eigenvalue weighted by molar-refractivity contribution is 5.29. The van der Waals surface area contributed by atoms with E-state index in [2.05, 4.69) is 20.2 Å². The molecule has 4 heteroatoms. The van der Waals surface area contributed by atoms with E-state index in [1.807, 2.05) is 36.7 Å². The minimum absolute atomic E-state index is 0.754. The molecule has 0 spiro atoms. The zero-order valence-corrected chi connectivity index (χ0v) is 6.36. The zero-order chi connectivity index (χ0) is 8.23. The molecule has 2 aromatic heterocycles. The second-order valence-corrected chi connectivity index (χ2v) is 2.31. The summed E-state index contributed by atoms with van der Waals surface area (Å²) in [7, 11) is 0. The van der Waals surface area contributed by atoms with Gasteiger partial charge in [-0.05, 0) is 24.3 Å². The van der Waals surface area contributed by atoms with Gasteiger partial charge >= 0.3 is 0 Å². The Kier molecular flexibility index (Phi) is 1.74. The average molecular weight is 160 g/mol. The van der Waals surface area contributed by atoms with Gasteiger partial charge in [0.1, 0.15) is 0 Å². The fourth-order valence-corrected chi connectivity index (χ4v) is 0.874. The molecule has 4 nitrogen and oxygen atoms in total. The van der Waals surface area contributed by atoms with Crippen LogP contribution in [0.1, 0.15) is 0 Å². The molecule has 2 heterocycles. The van der Waals surface area contributed by atoms with Gasteiger partial charge in [0.05, 0.1) is 0 Å². The smallest absolute Gasteiger partial charge is 0.152 e. The number of hydrogen-bond acceptors (Lipinski definition) is 2. The molecule has 2 N–H and O–H groups in total. The average Bonchev–Trinajstić information content (AvgIpc) is 2.74. The first kappa shape index (κ1) is 6.84. The van der Waals surface area contributed by atoms with E-state index in [1.165, 1.54) is 0 Å². The number of aromatic amines is 2. The van der Waals surface area contributed by atoms with Crippen molar-refractivity contribution in [3.05, 3.63) is 36.7 Å². The molecule has 0 unspecified atom stereocenters. The van der Waals surface area contributed by atoms with Gasteiger partial charge in [0, 0.05) is 12.4 Å². The summed E-state index contributed by atoms with van der Waals surface area (Å²) in [6, 6.07) is 7.46. The van der Waals surface area contributed by atoms with Crippen molar-refractivity contribution in [3.8, 4) is 0 Å². The number of azo groups is 1. The van der Waals surface area contributed by atoms with Crippen molar-refractivity contribution >= 4 is 11.6 Å². The zero-order valence-electron chi connectivity index (χ0n) is 6.36. The molecule has 12 heavy (non-hydrogen) atoms. The largest absolute Gasteiger partial charge is 0.345 e. The van der Waals surface area contributed by atoms with Crippen LogP contribution < -0.4 is 0 Å². The van der Waals surface area contributed by atoms with Crippen molar-refractivity contribution in [3.63, 3.8) is 0 Å². The van der Waals surface area contributed by atoms with Gasteiger partial charge in [-0.25, -0.2) is 0 Å². The number of hydrogen-bond donors (Lipinski definition) is 2. The Morgan fingerprint density at radius 3 is 1.67 bits per heavy atom. The van der Waals surface area contributed by atoms with E-state index in [0.717, 1.165) is 11.6 Å². The second-order valence-electron chi connectivity index (χ2n) is 2.31. The highest BCUT2D eigenvalue weighted by Gasteiger charge is 1.88. The molecule has 0 bridgehead atoms. The second kappa shape index (κ2) is 3.04. The lowest BCUT2D eigenvalue weighted by Gasteiger charge is -1.83. The monoisotopic (exact) mass is 160 g/mol. The highest BCUT2D eigenvalue weighted by atomic mass is 15.2. The van der Waals surface area contributed by atoms with E-state index < -0.39 is 0 Å². The van der Waals surface area contributed by atoms with Crippen LogP contribution in [0.4, 0.5) is 11.6 Å². The third-order valence-electron chi connectivity index (χ3n) is 1.43. The number of H-pyrrole nitrogens is 2. The van der Waals surface area contributed by atoms with E-state index in [1.54, 1.807) is 0 Å². The molecule has 0 amide bonds. The molecule has 2 rings (SSSR count). The number of rotatable bonds is 2. The maximum absolute atomic E-state index is 3.95. The summed E-state index contributed by atoms with van der Waals surface area (Å²) >= 11 is 0. The van der Waals surface area contributed by atoms with Crippen LogP contribution >= 0.6 is 0 Å². The maximum atomic E-state index is 3.95. The predicted molar refractivity (Wildman–Crippen MR) is 45.8 cm³/mol. The summed E-state index contributed by atoms with van der Waals surface area (Å²) in [6.07, 6.45) is 3.62. The Balaban J connectivity index is 2.14. The standard InChI is InChI=1S/C8H8N4/c1-3-7(9-5-1)11-12-8-4-2-6-10-8/h1-6,9-10H/b12-11+. The molecule has 0 aliphatic carbocycles. The van der Waals surface area contributed by atoms with Crippen LogP contribution in [0.15, 0.2) is 46.9 Å². The van der Waals surface area contributed by atoms with E-state index >= 15 is 0 Å². The minimum atomic E-state index is 0.754. The van der Waals surface area contributed by atoms with E-state index in [0.29, 0.717) is 0 Å². The molecule has 2 aromatic rings. The highest BCUT2D eigenvalue weighted by Crippen LogP contribution is 2.12. The quantitative estimate of drug-likeness (QED) is 0.635. The first-order valence-corrected chi connectivity index (χ1v) is 3.64. The SMILES string of the molecule is c1c[nH]c(/N=N/c2ccc[nH]2)c1. The van der Waals surface area contributed by atoms with Crippen LogP contribution in [0, 0.1) is 0 Å². The third kappa shape index (κ3) is 1.42. The molecule has 0 aliphatic rings. The Morgan fingerprint density at radius 2 is 1.33 bits per heavy atom. The summed E-state index contributed by atoms with van der Waals surface area (Å²) in [5, 5.41) is 7.89. The molecule has 0 atom stereocenters. The molecule has 0 saturated carbocycles. The topological polar surface area (TPSA) is 56.3 Å². The third-order valence-corrected chi connectivity index (χ3v) is 1.43. The van der Waals surface area contributed by atoms with Crippen molar-refractivity contribution in [1.29, 1.82) is 0 Å². The van der Waals surface area contributed by atoms with Gasteiger partial charge in [-0.3, -0.25) is 0 Å². The Morgan fingerprint density at radius 1 is 0.833 bits per heavy atom. The van der Waals surface area contributed by atoms with E-state index in [4.69, 9.17) is 0 Å². The summed E-state index contributed by atoms with van der Waals surface area (Å²) in [4.78, 5) is 5.85. The van der Waals surface area contributed by atoms with Gasteiger partial charge in [0.25, 0.3) is 0 Å². The van der Waals surface area contributed by atoms with Crippen LogP contribution in [-0.2, 0) is 0 Å². The predicted octanol–water partition coefficient (Wildman–Crippen LogP) is 2.76.